The Kier molecular flexibility index (Phi) is 5.01. The van der Waals surface area contributed by atoms with Gasteiger partial charge in [-0.15, -0.1) is 0 Å². The normalized spacial score (nSPS) is 16.8. The minimum Gasteiger partial charge on any atom is -0.496 e. The molecule has 2 unspecified atom stereocenters. The fraction of sp³-hybridized carbons (Fsp3) is 0.316. The lowest BCUT2D eigenvalue weighted by atomic mass is 9.94. The van der Waals surface area contributed by atoms with Crippen LogP contribution in [-0.2, 0) is 11.3 Å². The Morgan fingerprint density at radius 2 is 2.04 bits per heavy atom. The summed E-state index contributed by atoms with van der Waals surface area (Å²) in [4.78, 5) is 12.3. The van der Waals surface area contributed by atoms with Crippen molar-refractivity contribution < 1.29 is 9.53 Å². The van der Waals surface area contributed by atoms with Gasteiger partial charge in [-0.3, -0.25) is 4.79 Å². The molecule has 2 aromatic rings. The lowest BCUT2D eigenvalue weighted by Gasteiger charge is -2.17. The van der Waals surface area contributed by atoms with E-state index in [1.165, 1.54) is 5.56 Å². The molecule has 1 amide bonds. The Balaban J connectivity index is 1.56. The molecule has 0 saturated heterocycles. The zero-order chi connectivity index (χ0) is 16.9. The highest BCUT2D eigenvalue weighted by Gasteiger charge is 2.26. The van der Waals surface area contributed by atoms with Gasteiger partial charge in [0.1, 0.15) is 5.75 Å². The summed E-state index contributed by atoms with van der Waals surface area (Å²) in [5.41, 5.74) is 9.44. The number of benzene rings is 2. The van der Waals surface area contributed by atoms with Crippen LogP contribution < -0.4 is 21.1 Å². The zero-order valence-corrected chi connectivity index (χ0v) is 13.8. The van der Waals surface area contributed by atoms with Crippen LogP contribution in [0.2, 0.25) is 0 Å². The largest absolute Gasteiger partial charge is 0.496 e. The molecule has 4 N–H and O–H groups in total. The van der Waals surface area contributed by atoms with Gasteiger partial charge in [-0.2, -0.15) is 0 Å². The van der Waals surface area contributed by atoms with Crippen LogP contribution in [-0.4, -0.2) is 25.6 Å². The monoisotopic (exact) mass is 325 g/mol. The van der Waals surface area contributed by atoms with Gasteiger partial charge in [-0.05, 0) is 24.1 Å². The van der Waals surface area contributed by atoms with E-state index in [0.717, 1.165) is 23.5 Å². The SMILES string of the molecule is COc1ccccc1CNC(=O)C(N)CC1CNc2ccccc21. The summed E-state index contributed by atoms with van der Waals surface area (Å²) in [6.45, 7) is 1.24. The summed E-state index contributed by atoms with van der Waals surface area (Å²) < 4.78 is 5.29. The van der Waals surface area contributed by atoms with E-state index in [1.807, 2.05) is 36.4 Å². The van der Waals surface area contributed by atoms with E-state index in [2.05, 4.69) is 22.8 Å². The average Bonchev–Trinajstić information content (AvgIpc) is 3.03. The second-order valence-corrected chi connectivity index (χ2v) is 6.04. The average molecular weight is 325 g/mol. The maximum atomic E-state index is 12.3. The number of para-hydroxylation sites is 2. The molecule has 0 radical (unpaired) electrons. The molecule has 0 aromatic heterocycles. The smallest absolute Gasteiger partial charge is 0.237 e. The summed E-state index contributed by atoms with van der Waals surface area (Å²) in [5, 5.41) is 6.27. The first-order valence-electron chi connectivity index (χ1n) is 8.17. The van der Waals surface area contributed by atoms with E-state index >= 15 is 0 Å². The number of nitrogens with two attached hydrogens (primary N) is 1. The van der Waals surface area contributed by atoms with E-state index in [0.29, 0.717) is 13.0 Å². The Morgan fingerprint density at radius 3 is 2.88 bits per heavy atom. The highest BCUT2D eigenvalue weighted by Crippen LogP contribution is 2.33. The second-order valence-electron chi connectivity index (χ2n) is 6.04. The number of nitrogens with one attached hydrogen (secondary N) is 2. The Hall–Kier alpha value is -2.53. The lowest BCUT2D eigenvalue weighted by Crippen LogP contribution is -2.41. The highest BCUT2D eigenvalue weighted by molar-refractivity contribution is 5.81. The first-order valence-corrected chi connectivity index (χ1v) is 8.17. The summed E-state index contributed by atoms with van der Waals surface area (Å²) in [7, 11) is 1.62. The van der Waals surface area contributed by atoms with Gasteiger partial charge in [0.2, 0.25) is 5.91 Å². The molecular formula is C19H23N3O2. The van der Waals surface area contributed by atoms with Gasteiger partial charge in [0.15, 0.2) is 0 Å². The van der Waals surface area contributed by atoms with Crippen molar-refractivity contribution in [1.29, 1.82) is 0 Å². The summed E-state index contributed by atoms with van der Waals surface area (Å²) in [6, 6.07) is 15.3. The standard InChI is InChI=1S/C19H23N3O2/c1-24-18-9-5-2-6-13(18)11-22-19(23)16(20)10-14-12-21-17-8-4-3-7-15(14)17/h2-9,14,16,21H,10-12,20H2,1H3,(H,22,23). The number of anilines is 1. The number of methoxy groups -OCH3 is 1. The maximum Gasteiger partial charge on any atom is 0.237 e. The number of carbonyl (C=O) groups excluding carboxylic acids is 1. The van der Waals surface area contributed by atoms with Gasteiger partial charge in [0.05, 0.1) is 13.2 Å². The molecule has 0 aliphatic carbocycles. The number of carbonyl (C=O) groups is 1. The van der Waals surface area contributed by atoms with Gasteiger partial charge >= 0.3 is 0 Å². The fourth-order valence-corrected chi connectivity index (χ4v) is 3.14. The van der Waals surface area contributed by atoms with Crippen LogP contribution in [0.25, 0.3) is 0 Å². The van der Waals surface area contributed by atoms with Gasteiger partial charge in [0, 0.05) is 30.3 Å². The topological polar surface area (TPSA) is 76.4 Å². The van der Waals surface area contributed by atoms with Crippen molar-refractivity contribution in [2.45, 2.75) is 24.9 Å². The molecule has 1 heterocycles. The molecule has 5 heteroatoms. The van der Waals surface area contributed by atoms with Gasteiger partial charge in [-0.25, -0.2) is 0 Å². The second kappa shape index (κ2) is 7.36. The first kappa shape index (κ1) is 16.3. The van der Waals surface area contributed by atoms with Gasteiger partial charge in [-0.1, -0.05) is 36.4 Å². The molecule has 1 aliphatic rings. The predicted octanol–water partition coefficient (Wildman–Crippen LogP) is 2.24. The summed E-state index contributed by atoms with van der Waals surface area (Å²) >= 11 is 0. The number of rotatable bonds is 6. The van der Waals surface area contributed by atoms with E-state index in [1.54, 1.807) is 7.11 Å². The van der Waals surface area contributed by atoms with Crippen molar-refractivity contribution in [3.05, 3.63) is 59.7 Å². The van der Waals surface area contributed by atoms with Crippen LogP contribution in [0.4, 0.5) is 5.69 Å². The van der Waals surface area contributed by atoms with Gasteiger partial charge < -0.3 is 21.1 Å². The van der Waals surface area contributed by atoms with Crippen molar-refractivity contribution in [3.63, 3.8) is 0 Å². The van der Waals surface area contributed by atoms with Crippen molar-refractivity contribution in [2.24, 2.45) is 5.73 Å². The molecular weight excluding hydrogens is 302 g/mol. The molecule has 2 aromatic carbocycles. The molecule has 3 rings (SSSR count). The van der Waals surface area contributed by atoms with E-state index in [9.17, 15) is 4.79 Å². The summed E-state index contributed by atoms with van der Waals surface area (Å²) in [5.74, 6) is 0.902. The van der Waals surface area contributed by atoms with Crippen molar-refractivity contribution in [1.82, 2.24) is 5.32 Å². The molecule has 0 fully saturated rings. The molecule has 24 heavy (non-hydrogen) atoms. The first-order chi connectivity index (χ1) is 11.7. The van der Waals surface area contributed by atoms with E-state index in [4.69, 9.17) is 10.5 Å². The van der Waals surface area contributed by atoms with Crippen molar-refractivity contribution in [2.75, 3.05) is 19.0 Å². The number of ether oxygens (including phenoxy) is 1. The fourth-order valence-electron chi connectivity index (χ4n) is 3.14. The molecule has 2 atom stereocenters. The van der Waals surface area contributed by atoms with E-state index in [-0.39, 0.29) is 11.8 Å². The Morgan fingerprint density at radius 1 is 1.29 bits per heavy atom. The van der Waals surface area contributed by atoms with Crippen molar-refractivity contribution >= 4 is 11.6 Å². The van der Waals surface area contributed by atoms with Crippen LogP contribution in [0.3, 0.4) is 0 Å². The maximum absolute atomic E-state index is 12.3. The number of hydrogen-bond donors (Lipinski definition) is 3. The lowest BCUT2D eigenvalue weighted by molar-refractivity contribution is -0.122. The van der Waals surface area contributed by atoms with Crippen LogP contribution in [0.5, 0.6) is 5.75 Å². The number of fused-ring (bicyclic) bond motifs is 1. The van der Waals surface area contributed by atoms with Crippen LogP contribution in [0.1, 0.15) is 23.5 Å². The minimum absolute atomic E-state index is 0.134. The third kappa shape index (κ3) is 3.51. The molecule has 0 saturated carbocycles. The number of hydrogen-bond acceptors (Lipinski definition) is 4. The molecule has 0 spiro atoms. The molecule has 1 aliphatic heterocycles. The van der Waals surface area contributed by atoms with Crippen molar-refractivity contribution in [3.8, 4) is 5.75 Å². The third-order valence-electron chi connectivity index (χ3n) is 4.46. The quantitative estimate of drug-likeness (QED) is 0.761. The molecule has 0 bridgehead atoms. The minimum atomic E-state index is -0.530. The summed E-state index contributed by atoms with van der Waals surface area (Å²) in [6.07, 6.45) is 0.627. The third-order valence-corrected chi connectivity index (χ3v) is 4.46. The van der Waals surface area contributed by atoms with Crippen LogP contribution in [0.15, 0.2) is 48.5 Å². The predicted molar refractivity (Wildman–Crippen MR) is 95.1 cm³/mol. The molecule has 126 valence electrons. The van der Waals surface area contributed by atoms with Gasteiger partial charge in [0.25, 0.3) is 0 Å². The highest BCUT2D eigenvalue weighted by atomic mass is 16.5. The number of amides is 1. The van der Waals surface area contributed by atoms with Crippen LogP contribution >= 0.6 is 0 Å². The van der Waals surface area contributed by atoms with Crippen LogP contribution in [0, 0.1) is 0 Å². The Bertz CT molecular complexity index is 717. The zero-order valence-electron chi connectivity index (χ0n) is 13.8. The Labute approximate surface area is 142 Å². The molecule has 5 nitrogen and oxygen atoms in total. The van der Waals surface area contributed by atoms with E-state index < -0.39 is 6.04 Å².